The Balaban J connectivity index is 1.72. The predicted octanol–water partition coefficient (Wildman–Crippen LogP) is 2.86. The Morgan fingerprint density at radius 3 is 2.86 bits per heavy atom. The first-order chi connectivity index (χ1) is 10.1. The monoisotopic (exact) mass is 327 g/mol. The van der Waals surface area contributed by atoms with Gasteiger partial charge in [0.2, 0.25) is 5.89 Å². The summed E-state index contributed by atoms with van der Waals surface area (Å²) >= 11 is 6.16. The molecule has 0 fully saturated rings. The van der Waals surface area contributed by atoms with Gasteiger partial charge in [-0.25, -0.2) is 4.98 Å². The van der Waals surface area contributed by atoms with Crippen LogP contribution in [0.5, 0.6) is 11.5 Å². The Kier molecular flexibility index (Phi) is 4.17. The van der Waals surface area contributed by atoms with Crippen LogP contribution in [0, 0.1) is 6.92 Å². The van der Waals surface area contributed by atoms with E-state index in [0.29, 0.717) is 47.1 Å². The second-order valence-electron chi connectivity index (χ2n) is 4.69. The van der Waals surface area contributed by atoms with Crippen LogP contribution in [0.25, 0.3) is 0 Å². The van der Waals surface area contributed by atoms with Gasteiger partial charge in [-0.1, -0.05) is 11.6 Å². The second-order valence-corrected chi connectivity index (χ2v) is 6.56. The smallest absolute Gasteiger partial charge is 0.206 e. The predicted molar refractivity (Wildman–Crippen MR) is 79.2 cm³/mol. The molecule has 0 N–H and O–H groups in total. The quantitative estimate of drug-likeness (QED) is 0.864. The highest BCUT2D eigenvalue weighted by atomic mass is 35.5. The third-order valence-electron chi connectivity index (χ3n) is 2.94. The van der Waals surface area contributed by atoms with Crippen LogP contribution >= 0.6 is 11.6 Å². The third kappa shape index (κ3) is 3.39. The van der Waals surface area contributed by atoms with Crippen molar-refractivity contribution in [2.24, 2.45) is 0 Å². The molecule has 1 aromatic heterocycles. The summed E-state index contributed by atoms with van der Waals surface area (Å²) in [6, 6.07) is 3.58. The van der Waals surface area contributed by atoms with Gasteiger partial charge in [0.25, 0.3) is 0 Å². The van der Waals surface area contributed by atoms with Gasteiger partial charge in [-0.3, -0.25) is 4.21 Å². The molecule has 0 unspecified atom stereocenters. The van der Waals surface area contributed by atoms with E-state index in [1.54, 1.807) is 19.2 Å². The van der Waals surface area contributed by atoms with E-state index in [1.165, 1.54) is 0 Å². The maximum absolute atomic E-state index is 12.2. The van der Waals surface area contributed by atoms with E-state index >= 15 is 0 Å². The number of aryl methyl sites for hydroxylation is 1. The summed E-state index contributed by atoms with van der Waals surface area (Å²) in [7, 11) is -1.13. The number of hydrogen-bond donors (Lipinski definition) is 0. The molecule has 0 radical (unpaired) electrons. The average molecular weight is 328 g/mol. The fourth-order valence-corrected chi connectivity index (χ4v) is 3.43. The van der Waals surface area contributed by atoms with Gasteiger partial charge in [-0.2, -0.15) is 0 Å². The van der Waals surface area contributed by atoms with Crippen LogP contribution in [0.2, 0.25) is 5.02 Å². The molecule has 7 heteroatoms. The Morgan fingerprint density at radius 1 is 1.29 bits per heavy atom. The van der Waals surface area contributed by atoms with Gasteiger partial charge in [-0.15, -0.1) is 0 Å². The Bertz CT molecular complexity index is 686. The van der Waals surface area contributed by atoms with Crippen molar-refractivity contribution in [1.29, 1.82) is 0 Å². The minimum Gasteiger partial charge on any atom is -0.486 e. The summed E-state index contributed by atoms with van der Waals surface area (Å²) in [4.78, 5) is 4.05. The fraction of sp³-hybridized carbons (Fsp3) is 0.357. The Morgan fingerprint density at radius 2 is 2.10 bits per heavy atom. The lowest BCUT2D eigenvalue weighted by Gasteiger charge is -2.20. The van der Waals surface area contributed by atoms with Crippen LogP contribution < -0.4 is 9.47 Å². The van der Waals surface area contributed by atoms with Crippen molar-refractivity contribution in [3.05, 3.63) is 40.6 Å². The highest BCUT2D eigenvalue weighted by Crippen LogP contribution is 2.38. The molecule has 1 atom stereocenters. The summed E-state index contributed by atoms with van der Waals surface area (Å²) in [6.45, 7) is 2.78. The molecule has 1 aliphatic rings. The van der Waals surface area contributed by atoms with Crippen LogP contribution in [0.4, 0.5) is 0 Å². The SMILES string of the molecule is Cc1cnc(C[S@](=O)Cc2cc(Cl)c3c(c2)OCCO3)o1. The number of oxazole rings is 1. The molecule has 0 amide bonds. The number of hydrogen-bond acceptors (Lipinski definition) is 5. The fourth-order valence-electron chi connectivity index (χ4n) is 2.09. The van der Waals surface area contributed by atoms with Crippen LogP contribution in [0.3, 0.4) is 0 Å². The molecule has 5 nitrogen and oxygen atoms in total. The van der Waals surface area contributed by atoms with Gasteiger partial charge in [0.1, 0.15) is 24.7 Å². The minimum absolute atomic E-state index is 0.278. The normalized spacial score (nSPS) is 15.0. The van der Waals surface area contributed by atoms with Crippen molar-refractivity contribution in [1.82, 2.24) is 4.98 Å². The van der Waals surface area contributed by atoms with E-state index in [-0.39, 0.29) is 5.75 Å². The van der Waals surface area contributed by atoms with Crippen molar-refractivity contribution < 1.29 is 18.1 Å². The number of halogens is 1. The van der Waals surface area contributed by atoms with Crippen molar-refractivity contribution in [2.45, 2.75) is 18.4 Å². The summed E-state index contributed by atoms with van der Waals surface area (Å²) < 4.78 is 28.5. The molecule has 0 aliphatic carbocycles. The van der Waals surface area contributed by atoms with Crippen molar-refractivity contribution in [3.63, 3.8) is 0 Å². The topological polar surface area (TPSA) is 61.6 Å². The molecular weight excluding hydrogens is 314 g/mol. The number of nitrogens with zero attached hydrogens (tertiary/aromatic N) is 1. The van der Waals surface area contributed by atoms with Gasteiger partial charge < -0.3 is 13.9 Å². The zero-order valence-electron chi connectivity index (χ0n) is 11.4. The number of ether oxygens (including phenoxy) is 2. The molecule has 112 valence electrons. The highest BCUT2D eigenvalue weighted by Gasteiger charge is 2.18. The molecule has 1 aliphatic heterocycles. The first-order valence-electron chi connectivity index (χ1n) is 6.46. The van der Waals surface area contributed by atoms with Crippen LogP contribution in [0.1, 0.15) is 17.2 Å². The lowest BCUT2D eigenvalue weighted by atomic mass is 10.2. The Labute approximate surface area is 129 Å². The zero-order chi connectivity index (χ0) is 14.8. The van der Waals surface area contributed by atoms with Gasteiger partial charge in [-0.05, 0) is 24.6 Å². The largest absolute Gasteiger partial charge is 0.486 e. The molecular formula is C14H14ClNO4S. The van der Waals surface area contributed by atoms with Crippen molar-refractivity contribution in [3.8, 4) is 11.5 Å². The molecule has 2 heterocycles. The van der Waals surface area contributed by atoms with Crippen molar-refractivity contribution in [2.75, 3.05) is 13.2 Å². The number of rotatable bonds is 4. The van der Waals surface area contributed by atoms with E-state index in [1.807, 2.05) is 6.07 Å². The van der Waals surface area contributed by atoms with E-state index in [0.717, 1.165) is 5.56 Å². The van der Waals surface area contributed by atoms with Gasteiger partial charge >= 0.3 is 0 Å². The highest BCUT2D eigenvalue weighted by molar-refractivity contribution is 7.83. The van der Waals surface area contributed by atoms with Gasteiger partial charge in [0.05, 0.1) is 11.2 Å². The van der Waals surface area contributed by atoms with Gasteiger partial charge in [0, 0.05) is 16.6 Å². The second kappa shape index (κ2) is 6.07. The maximum Gasteiger partial charge on any atom is 0.206 e. The summed E-state index contributed by atoms with van der Waals surface area (Å²) in [5.41, 5.74) is 0.839. The van der Waals surface area contributed by atoms with E-state index < -0.39 is 10.8 Å². The van der Waals surface area contributed by atoms with E-state index in [2.05, 4.69) is 4.98 Å². The number of benzene rings is 1. The molecule has 0 bridgehead atoms. The summed E-state index contributed by atoms with van der Waals surface area (Å²) in [5.74, 6) is 2.99. The average Bonchev–Trinajstić information content (AvgIpc) is 2.84. The van der Waals surface area contributed by atoms with Crippen LogP contribution in [-0.4, -0.2) is 22.4 Å². The van der Waals surface area contributed by atoms with Gasteiger partial charge in [0.15, 0.2) is 11.5 Å². The number of aromatic nitrogens is 1. The summed E-state index contributed by atoms with van der Waals surface area (Å²) in [5, 5.41) is 0.478. The molecule has 0 spiro atoms. The van der Waals surface area contributed by atoms with Crippen molar-refractivity contribution >= 4 is 22.4 Å². The minimum atomic E-state index is -1.13. The lowest BCUT2D eigenvalue weighted by Crippen LogP contribution is -2.16. The lowest BCUT2D eigenvalue weighted by molar-refractivity contribution is 0.171. The standard InChI is InChI=1S/C14H14ClNO4S/c1-9-6-16-13(20-9)8-21(17)7-10-4-11(15)14-12(5-10)18-2-3-19-14/h4-6H,2-3,7-8H2,1H3/t21-/m1/s1. The summed E-state index contributed by atoms with van der Waals surface area (Å²) in [6.07, 6.45) is 1.62. The maximum atomic E-state index is 12.2. The Hall–Kier alpha value is -1.53. The third-order valence-corrected chi connectivity index (χ3v) is 4.44. The molecule has 1 aromatic carbocycles. The van der Waals surface area contributed by atoms with E-state index in [4.69, 9.17) is 25.5 Å². The molecule has 21 heavy (non-hydrogen) atoms. The molecule has 0 saturated carbocycles. The molecule has 2 aromatic rings. The molecule has 0 saturated heterocycles. The zero-order valence-corrected chi connectivity index (χ0v) is 13.0. The molecule has 3 rings (SSSR count). The van der Waals surface area contributed by atoms with Crippen LogP contribution in [0.15, 0.2) is 22.7 Å². The van der Waals surface area contributed by atoms with Crippen LogP contribution in [-0.2, 0) is 22.3 Å². The van der Waals surface area contributed by atoms with E-state index in [9.17, 15) is 4.21 Å². The first kappa shape index (κ1) is 14.4. The number of fused-ring (bicyclic) bond motifs is 1. The first-order valence-corrected chi connectivity index (χ1v) is 8.33.